The lowest BCUT2D eigenvalue weighted by Crippen LogP contribution is -2.54. The first-order chi connectivity index (χ1) is 19.3. The van der Waals surface area contributed by atoms with E-state index in [1.54, 1.807) is 18.2 Å². The summed E-state index contributed by atoms with van der Waals surface area (Å²) < 4.78 is 0. The molecule has 1 aliphatic heterocycles. The third kappa shape index (κ3) is 7.78. The van der Waals surface area contributed by atoms with E-state index >= 15 is 0 Å². The van der Waals surface area contributed by atoms with Gasteiger partial charge in [-0.1, -0.05) is 55.8 Å². The van der Waals surface area contributed by atoms with E-state index in [9.17, 15) is 19.2 Å². The Balaban J connectivity index is 0.00000462. The highest BCUT2D eigenvalue weighted by Crippen LogP contribution is 2.34. The fourth-order valence-electron chi connectivity index (χ4n) is 4.60. The molecule has 4 rings (SSSR count). The third-order valence-corrected chi connectivity index (χ3v) is 6.90. The lowest BCUT2D eigenvalue weighted by Gasteiger charge is -2.27. The van der Waals surface area contributed by atoms with E-state index in [0.717, 1.165) is 11.1 Å². The van der Waals surface area contributed by atoms with Gasteiger partial charge in [-0.05, 0) is 35.2 Å². The maximum Gasteiger partial charge on any atom is 0.247 e. The number of nitrogens with zero attached hydrogens (tertiary/aromatic N) is 4. The number of amides is 4. The quantitative estimate of drug-likeness (QED) is 0.204. The molecule has 14 heteroatoms. The molecule has 0 aliphatic carbocycles. The van der Waals surface area contributed by atoms with E-state index in [4.69, 9.17) is 5.73 Å². The number of hydrogen-bond donors (Lipinski definition) is 5. The van der Waals surface area contributed by atoms with Crippen LogP contribution in [-0.2, 0) is 38.6 Å². The molecule has 41 heavy (non-hydrogen) atoms. The van der Waals surface area contributed by atoms with Crippen LogP contribution in [0, 0.1) is 5.92 Å². The molecule has 0 fully saturated rings. The van der Waals surface area contributed by atoms with Crippen LogP contribution in [-0.4, -0.2) is 62.9 Å². The highest BCUT2D eigenvalue weighted by atomic mass is 35.5. The Morgan fingerprint density at radius 2 is 1.88 bits per heavy atom. The van der Waals surface area contributed by atoms with Gasteiger partial charge >= 0.3 is 0 Å². The summed E-state index contributed by atoms with van der Waals surface area (Å²) in [7, 11) is 0. The molecule has 0 unspecified atom stereocenters. The van der Waals surface area contributed by atoms with Gasteiger partial charge in [-0.3, -0.25) is 24.1 Å². The van der Waals surface area contributed by atoms with Gasteiger partial charge < -0.3 is 21.7 Å². The van der Waals surface area contributed by atoms with Crippen molar-refractivity contribution in [3.05, 3.63) is 65.5 Å². The second kappa shape index (κ2) is 14.2. The van der Waals surface area contributed by atoms with Gasteiger partial charge in [-0.25, -0.2) is 0 Å². The van der Waals surface area contributed by atoms with Gasteiger partial charge in [0.2, 0.25) is 23.6 Å². The average Bonchev–Trinajstić information content (AvgIpc) is 3.61. The molecule has 0 radical (unpaired) electrons. The average molecular weight is 584 g/mol. The maximum absolute atomic E-state index is 13.4. The topological polar surface area (TPSA) is 188 Å². The van der Waals surface area contributed by atoms with Crippen LogP contribution in [0.25, 0.3) is 0 Å². The molecule has 0 saturated carbocycles. The standard InChI is InChI=1S/C27H33N9O4.ClH/c1-3-16(2)25(31-23(37)11-17-7-5-4-6-8-17)27(40)30-15-24(38)36-20-10-9-19(28)12-18(20)13-21(36)26(39)29-14-22-32-34-35-33-22;/h4-10,12,16,21,25H,3,11,13-15,28H2,1-2H3,(H,29,39)(H,30,40)(H,31,37)(H,32,33,34,35);1H/t16-,21-,25-;/m0./s1. The fraction of sp³-hybridized carbons (Fsp3) is 0.370. The van der Waals surface area contributed by atoms with Gasteiger partial charge in [-0.15, -0.1) is 22.6 Å². The Kier molecular flexibility index (Phi) is 10.8. The number of tetrazole rings is 1. The van der Waals surface area contributed by atoms with Gasteiger partial charge in [0, 0.05) is 17.8 Å². The number of nitrogens with one attached hydrogen (secondary N) is 4. The van der Waals surface area contributed by atoms with Crippen LogP contribution in [0.15, 0.2) is 48.5 Å². The monoisotopic (exact) mass is 583 g/mol. The molecular formula is C27H34ClN9O4. The van der Waals surface area contributed by atoms with Gasteiger partial charge in [0.05, 0.1) is 19.5 Å². The normalized spacial score (nSPS) is 15.2. The zero-order valence-electron chi connectivity index (χ0n) is 22.8. The van der Waals surface area contributed by atoms with Crippen LogP contribution >= 0.6 is 12.4 Å². The van der Waals surface area contributed by atoms with Crippen molar-refractivity contribution in [1.29, 1.82) is 0 Å². The Hall–Kier alpha value is -4.52. The molecule has 0 spiro atoms. The zero-order chi connectivity index (χ0) is 28.6. The number of aromatic nitrogens is 4. The maximum atomic E-state index is 13.4. The molecule has 218 valence electrons. The number of aromatic amines is 1. The summed E-state index contributed by atoms with van der Waals surface area (Å²) in [4.78, 5) is 53.8. The summed E-state index contributed by atoms with van der Waals surface area (Å²) in [6.07, 6.45) is 1.03. The first-order valence-electron chi connectivity index (χ1n) is 13.1. The molecular weight excluding hydrogens is 550 g/mol. The number of anilines is 2. The number of carbonyl (C=O) groups is 4. The first-order valence-corrected chi connectivity index (χ1v) is 13.1. The lowest BCUT2D eigenvalue weighted by atomic mass is 9.98. The highest BCUT2D eigenvalue weighted by Gasteiger charge is 2.38. The van der Waals surface area contributed by atoms with Crippen molar-refractivity contribution in [2.24, 2.45) is 5.92 Å². The molecule has 2 heterocycles. The van der Waals surface area contributed by atoms with E-state index < -0.39 is 29.8 Å². The Morgan fingerprint density at radius 1 is 1.12 bits per heavy atom. The van der Waals surface area contributed by atoms with Gasteiger partial charge in [0.15, 0.2) is 5.82 Å². The van der Waals surface area contributed by atoms with E-state index in [1.807, 2.05) is 44.2 Å². The van der Waals surface area contributed by atoms with Crippen LogP contribution in [0.1, 0.15) is 37.2 Å². The number of nitrogen functional groups attached to an aromatic ring is 1. The van der Waals surface area contributed by atoms with Gasteiger partial charge in [0.25, 0.3) is 0 Å². The number of rotatable bonds is 11. The van der Waals surface area contributed by atoms with Crippen LogP contribution in [0.2, 0.25) is 0 Å². The van der Waals surface area contributed by atoms with Crippen molar-refractivity contribution < 1.29 is 19.2 Å². The van der Waals surface area contributed by atoms with Crippen molar-refractivity contribution in [3.8, 4) is 0 Å². The van der Waals surface area contributed by atoms with Crippen molar-refractivity contribution >= 4 is 47.4 Å². The number of benzene rings is 2. The zero-order valence-corrected chi connectivity index (χ0v) is 23.6. The summed E-state index contributed by atoms with van der Waals surface area (Å²) in [5.74, 6) is -1.53. The van der Waals surface area contributed by atoms with Gasteiger partial charge in [-0.2, -0.15) is 5.21 Å². The highest BCUT2D eigenvalue weighted by molar-refractivity contribution is 6.05. The summed E-state index contributed by atoms with van der Waals surface area (Å²) in [5, 5.41) is 21.6. The van der Waals surface area contributed by atoms with E-state index in [1.165, 1.54) is 4.90 Å². The van der Waals surface area contributed by atoms with Crippen LogP contribution in [0.5, 0.6) is 0 Å². The van der Waals surface area contributed by atoms with Crippen molar-refractivity contribution in [2.45, 2.75) is 51.7 Å². The second-order valence-electron chi connectivity index (χ2n) is 9.73. The molecule has 2 aromatic carbocycles. The lowest BCUT2D eigenvalue weighted by molar-refractivity contribution is -0.131. The fourth-order valence-corrected chi connectivity index (χ4v) is 4.60. The summed E-state index contributed by atoms with van der Waals surface area (Å²) in [5.41, 5.74) is 8.56. The molecule has 1 aliphatic rings. The molecule has 3 atom stereocenters. The number of nitrogens with two attached hydrogens (primary N) is 1. The summed E-state index contributed by atoms with van der Waals surface area (Å²) in [6, 6.07) is 12.6. The molecule has 0 bridgehead atoms. The molecule has 6 N–H and O–H groups in total. The van der Waals surface area contributed by atoms with Crippen LogP contribution in [0.3, 0.4) is 0 Å². The minimum Gasteiger partial charge on any atom is -0.399 e. The van der Waals surface area contributed by atoms with Crippen LogP contribution < -0.4 is 26.6 Å². The van der Waals surface area contributed by atoms with Crippen LogP contribution in [0.4, 0.5) is 11.4 Å². The summed E-state index contributed by atoms with van der Waals surface area (Å²) >= 11 is 0. The number of H-pyrrole nitrogens is 1. The number of carbonyl (C=O) groups excluding carboxylic acids is 4. The molecule has 4 amide bonds. The molecule has 0 saturated heterocycles. The predicted molar refractivity (Wildman–Crippen MR) is 154 cm³/mol. The van der Waals surface area contributed by atoms with Gasteiger partial charge in [0.1, 0.15) is 12.1 Å². The van der Waals surface area contributed by atoms with Crippen molar-refractivity contribution in [3.63, 3.8) is 0 Å². The van der Waals surface area contributed by atoms with E-state index in [-0.39, 0.29) is 50.2 Å². The number of fused-ring (bicyclic) bond motifs is 1. The molecule has 13 nitrogen and oxygen atoms in total. The Labute approximate surface area is 243 Å². The van der Waals surface area contributed by atoms with Crippen molar-refractivity contribution in [1.82, 2.24) is 36.6 Å². The van der Waals surface area contributed by atoms with Crippen molar-refractivity contribution in [2.75, 3.05) is 17.2 Å². The van der Waals surface area contributed by atoms with E-state index in [0.29, 0.717) is 23.6 Å². The minimum atomic E-state index is -0.857. The first kappa shape index (κ1) is 31.0. The summed E-state index contributed by atoms with van der Waals surface area (Å²) in [6.45, 7) is 3.45. The smallest absolute Gasteiger partial charge is 0.247 e. The second-order valence-corrected chi connectivity index (χ2v) is 9.73. The number of hydrogen-bond acceptors (Lipinski definition) is 8. The SMILES string of the molecule is CC[C@H](C)[C@H](NC(=O)Cc1ccccc1)C(=O)NCC(=O)N1c2ccc(N)cc2C[C@H]1C(=O)NCc1nn[nH]n1.Cl. The Bertz CT molecular complexity index is 1350. The predicted octanol–water partition coefficient (Wildman–Crippen LogP) is 0.668. The van der Waals surface area contributed by atoms with E-state index in [2.05, 4.69) is 36.6 Å². The minimum absolute atomic E-state index is 0. The Morgan fingerprint density at radius 3 is 2.56 bits per heavy atom. The molecule has 1 aromatic heterocycles. The molecule has 3 aromatic rings. The number of halogens is 1. The third-order valence-electron chi connectivity index (χ3n) is 6.90. The largest absolute Gasteiger partial charge is 0.399 e.